The topological polar surface area (TPSA) is 43.1 Å². The smallest absolute Gasteiger partial charge is 0.211 e. The highest BCUT2D eigenvalue weighted by atomic mass is 32.2. The first-order valence-corrected chi connectivity index (χ1v) is 9.91. The third-order valence-corrected chi connectivity index (χ3v) is 5.13. The lowest BCUT2D eigenvalue weighted by Gasteiger charge is -2.08. The van der Waals surface area contributed by atoms with E-state index < -0.39 is 0 Å². The normalized spacial score (nSPS) is 11.3. The number of benzene rings is 3. The average molecular weight is 368 g/mol. The average Bonchev–Trinajstić information content (AvgIpc) is 3.16. The van der Waals surface area contributed by atoms with Gasteiger partial charge in [0.05, 0.1) is 11.4 Å². The van der Waals surface area contributed by atoms with Gasteiger partial charge in [-0.25, -0.2) is 4.98 Å². The summed E-state index contributed by atoms with van der Waals surface area (Å²) >= 11 is 1.52. The molecule has 0 bridgehead atoms. The molecule has 5 rings (SSSR count). The van der Waals surface area contributed by atoms with Crippen LogP contribution in [0.2, 0.25) is 0 Å². The minimum Gasteiger partial charge on any atom is -0.211 e. The molecule has 0 N–H and O–H groups in total. The summed E-state index contributed by atoms with van der Waals surface area (Å²) in [5.41, 5.74) is 4.04. The van der Waals surface area contributed by atoms with Gasteiger partial charge >= 0.3 is 0 Å². The van der Waals surface area contributed by atoms with Gasteiger partial charge in [0.1, 0.15) is 0 Å². The lowest BCUT2D eigenvalue weighted by molar-refractivity contribution is 0.888. The van der Waals surface area contributed by atoms with Crippen molar-refractivity contribution in [1.82, 2.24) is 19.6 Å². The van der Waals surface area contributed by atoms with Gasteiger partial charge in [0.15, 0.2) is 0 Å². The number of rotatable bonds is 3. The lowest BCUT2D eigenvalue weighted by Crippen LogP contribution is -1.98. The van der Waals surface area contributed by atoms with Gasteiger partial charge in [0.25, 0.3) is 5.78 Å². The van der Waals surface area contributed by atoms with E-state index in [-0.39, 0.29) is 0 Å². The fourth-order valence-corrected chi connectivity index (χ4v) is 3.58. The molecule has 5 heteroatoms. The van der Waals surface area contributed by atoms with E-state index in [4.69, 9.17) is 4.98 Å². The summed E-state index contributed by atoms with van der Waals surface area (Å²) in [6, 6.07) is 27.1. The predicted octanol–water partition coefficient (Wildman–Crippen LogP) is 5.33. The molecule has 0 aliphatic rings. The molecule has 4 nitrogen and oxygen atoms in total. The first kappa shape index (κ1) is 16.0. The Morgan fingerprint density at radius 3 is 2.33 bits per heavy atom. The summed E-state index contributed by atoms with van der Waals surface area (Å²) in [6.07, 6.45) is 1.97. The van der Waals surface area contributed by atoms with E-state index in [1.54, 1.807) is 0 Å². The zero-order valence-corrected chi connectivity index (χ0v) is 15.5. The summed E-state index contributed by atoms with van der Waals surface area (Å²) in [4.78, 5) is 9.35. The summed E-state index contributed by atoms with van der Waals surface area (Å²) < 4.78 is 1.83. The van der Waals surface area contributed by atoms with Gasteiger partial charge in [-0.3, -0.25) is 0 Å². The van der Waals surface area contributed by atoms with Crippen LogP contribution in [0.4, 0.5) is 0 Å². The van der Waals surface area contributed by atoms with Crippen LogP contribution in [0, 0.1) is 0 Å². The molecule has 0 aliphatic carbocycles. The van der Waals surface area contributed by atoms with Crippen molar-refractivity contribution < 1.29 is 0 Å². The van der Waals surface area contributed by atoms with E-state index in [2.05, 4.69) is 70.7 Å². The Bertz CT molecular complexity index is 1260. The zero-order chi connectivity index (χ0) is 18.2. The molecule has 0 amide bonds. The molecule has 0 atom stereocenters. The highest BCUT2D eigenvalue weighted by molar-refractivity contribution is 7.98. The first-order valence-electron chi connectivity index (χ1n) is 8.68. The van der Waals surface area contributed by atoms with Crippen LogP contribution in [0.25, 0.3) is 39.1 Å². The van der Waals surface area contributed by atoms with Crippen molar-refractivity contribution >= 4 is 28.3 Å². The number of fused-ring (bicyclic) bond motifs is 2. The largest absolute Gasteiger partial charge is 0.254 e. The van der Waals surface area contributed by atoms with Gasteiger partial charge in [-0.05, 0) is 29.2 Å². The van der Waals surface area contributed by atoms with Crippen molar-refractivity contribution in [3.05, 3.63) is 78.9 Å². The molecule has 130 valence electrons. The Hall–Kier alpha value is -3.18. The molecule has 0 aliphatic heterocycles. The molecule has 3 aromatic carbocycles. The highest BCUT2D eigenvalue weighted by Gasteiger charge is 2.13. The van der Waals surface area contributed by atoms with Gasteiger partial charge in [0, 0.05) is 11.1 Å². The Kier molecular flexibility index (Phi) is 3.87. The Balaban J connectivity index is 1.76. The SMILES string of the molecule is CSc1nc2nc(-c3ccc4ccccc4c3)cc(-c3ccccc3)n2n1. The van der Waals surface area contributed by atoms with Gasteiger partial charge in [-0.2, -0.15) is 9.50 Å². The van der Waals surface area contributed by atoms with Gasteiger partial charge in [0.2, 0.25) is 5.16 Å². The van der Waals surface area contributed by atoms with Crippen molar-refractivity contribution in [2.24, 2.45) is 0 Å². The summed E-state index contributed by atoms with van der Waals surface area (Å²) in [5.74, 6) is 0.615. The molecule has 27 heavy (non-hydrogen) atoms. The molecule has 0 radical (unpaired) electrons. The minimum atomic E-state index is 0.615. The van der Waals surface area contributed by atoms with Crippen molar-refractivity contribution in [3.8, 4) is 22.5 Å². The second kappa shape index (κ2) is 6.52. The van der Waals surface area contributed by atoms with E-state index >= 15 is 0 Å². The quantitative estimate of drug-likeness (QED) is 0.404. The summed E-state index contributed by atoms with van der Waals surface area (Å²) in [5, 5.41) is 7.73. The molecule has 0 unspecified atom stereocenters. The second-order valence-electron chi connectivity index (χ2n) is 6.26. The third-order valence-electron chi connectivity index (χ3n) is 4.59. The monoisotopic (exact) mass is 368 g/mol. The molecular weight excluding hydrogens is 352 g/mol. The fraction of sp³-hybridized carbons (Fsp3) is 0.0455. The van der Waals surface area contributed by atoms with E-state index in [9.17, 15) is 0 Å². The Morgan fingerprint density at radius 1 is 0.741 bits per heavy atom. The van der Waals surface area contributed by atoms with Gasteiger partial charge in [-0.15, -0.1) is 5.10 Å². The maximum Gasteiger partial charge on any atom is 0.254 e. The molecule has 2 aromatic heterocycles. The van der Waals surface area contributed by atoms with Crippen LogP contribution in [0.5, 0.6) is 0 Å². The molecule has 0 saturated carbocycles. The summed E-state index contributed by atoms with van der Waals surface area (Å²) in [6.45, 7) is 0. The van der Waals surface area contributed by atoms with E-state index in [0.29, 0.717) is 5.78 Å². The first-order chi connectivity index (χ1) is 13.3. The number of hydrogen-bond donors (Lipinski definition) is 0. The van der Waals surface area contributed by atoms with Crippen LogP contribution in [0.3, 0.4) is 0 Å². The van der Waals surface area contributed by atoms with Crippen LogP contribution < -0.4 is 0 Å². The van der Waals surface area contributed by atoms with Crippen LogP contribution in [0.1, 0.15) is 0 Å². The molecule has 2 heterocycles. The molecule has 0 fully saturated rings. The van der Waals surface area contributed by atoms with Crippen LogP contribution in [-0.2, 0) is 0 Å². The van der Waals surface area contributed by atoms with Gasteiger partial charge in [-0.1, -0.05) is 78.5 Å². The van der Waals surface area contributed by atoms with Crippen molar-refractivity contribution in [3.63, 3.8) is 0 Å². The number of aromatic nitrogens is 4. The fourth-order valence-electron chi connectivity index (χ4n) is 3.25. The second-order valence-corrected chi connectivity index (χ2v) is 7.04. The maximum atomic E-state index is 4.78. The highest BCUT2D eigenvalue weighted by Crippen LogP contribution is 2.28. The third kappa shape index (κ3) is 2.86. The molecule has 0 spiro atoms. The van der Waals surface area contributed by atoms with E-state index in [0.717, 1.165) is 27.7 Å². The Morgan fingerprint density at radius 2 is 1.52 bits per heavy atom. The number of hydrogen-bond acceptors (Lipinski definition) is 4. The predicted molar refractivity (Wildman–Crippen MR) is 111 cm³/mol. The van der Waals surface area contributed by atoms with Gasteiger partial charge < -0.3 is 0 Å². The number of nitrogens with zero attached hydrogens (tertiary/aromatic N) is 4. The van der Waals surface area contributed by atoms with Crippen molar-refractivity contribution in [2.75, 3.05) is 6.26 Å². The number of thioether (sulfide) groups is 1. The van der Waals surface area contributed by atoms with Crippen molar-refractivity contribution in [1.29, 1.82) is 0 Å². The van der Waals surface area contributed by atoms with Crippen LogP contribution >= 0.6 is 11.8 Å². The molecule has 0 saturated heterocycles. The van der Waals surface area contributed by atoms with E-state index in [1.807, 2.05) is 29.0 Å². The maximum absolute atomic E-state index is 4.78. The van der Waals surface area contributed by atoms with Crippen LogP contribution in [-0.4, -0.2) is 25.8 Å². The summed E-state index contributed by atoms with van der Waals surface area (Å²) in [7, 11) is 0. The standard InChI is InChI=1S/C22H16N4S/c1-27-22-24-21-23-19(18-12-11-15-7-5-6-10-17(15)13-18)14-20(26(21)25-22)16-8-3-2-4-9-16/h2-14H,1H3. The minimum absolute atomic E-state index is 0.615. The molecule has 5 aromatic rings. The lowest BCUT2D eigenvalue weighted by atomic mass is 10.0. The zero-order valence-electron chi connectivity index (χ0n) is 14.7. The van der Waals surface area contributed by atoms with E-state index in [1.165, 1.54) is 22.5 Å². The molecular formula is C22H16N4S. The van der Waals surface area contributed by atoms with Crippen LogP contribution in [0.15, 0.2) is 84.0 Å². The van der Waals surface area contributed by atoms with Crippen molar-refractivity contribution in [2.45, 2.75) is 5.16 Å². The Labute approximate surface area is 160 Å².